The van der Waals surface area contributed by atoms with Gasteiger partial charge in [0.25, 0.3) is 0 Å². The molecular formula is C8H17NO4. The van der Waals surface area contributed by atoms with Gasteiger partial charge in [-0.25, -0.2) is 0 Å². The Balaban J connectivity index is 2.66. The van der Waals surface area contributed by atoms with Gasteiger partial charge in [-0.1, -0.05) is 6.92 Å². The van der Waals surface area contributed by atoms with Crippen LogP contribution in [-0.4, -0.2) is 57.4 Å². The molecule has 1 rings (SSSR count). The van der Waals surface area contributed by atoms with Crippen LogP contribution in [0.1, 0.15) is 13.3 Å². The molecule has 1 aliphatic rings. The molecule has 1 aliphatic heterocycles. The molecule has 0 saturated carbocycles. The maximum absolute atomic E-state index is 9.47. The lowest BCUT2D eigenvalue weighted by Crippen LogP contribution is -2.65. The molecule has 0 bridgehead atoms. The van der Waals surface area contributed by atoms with Crippen LogP contribution in [0.25, 0.3) is 0 Å². The third-order valence-electron chi connectivity index (χ3n) is 2.59. The number of aliphatic hydroxyl groups excluding tert-OH is 4. The second-order valence-corrected chi connectivity index (χ2v) is 3.44. The van der Waals surface area contributed by atoms with E-state index in [-0.39, 0.29) is 12.6 Å². The van der Waals surface area contributed by atoms with Crippen LogP contribution >= 0.6 is 0 Å². The molecule has 1 heterocycles. The average molecular weight is 191 g/mol. The largest absolute Gasteiger partial charge is 0.395 e. The Morgan fingerprint density at radius 2 is 1.54 bits per heavy atom. The normalized spacial score (nSPS) is 46.4. The lowest BCUT2D eigenvalue weighted by Gasteiger charge is -2.40. The lowest BCUT2D eigenvalue weighted by molar-refractivity contribution is -0.119. The second kappa shape index (κ2) is 4.34. The number of rotatable bonds is 2. The fourth-order valence-electron chi connectivity index (χ4n) is 1.67. The SMILES string of the molecule is CCC1N[C@H](CO)[C@@H](O)[C@H](O)[C@H]1O. The minimum atomic E-state index is -1.18. The number of piperidine rings is 1. The van der Waals surface area contributed by atoms with Crippen LogP contribution in [0.5, 0.6) is 0 Å². The highest BCUT2D eigenvalue weighted by Crippen LogP contribution is 2.16. The molecule has 5 atom stereocenters. The highest BCUT2D eigenvalue weighted by molar-refractivity contribution is 4.97. The molecule has 0 spiro atoms. The van der Waals surface area contributed by atoms with Gasteiger partial charge in [0.15, 0.2) is 0 Å². The van der Waals surface area contributed by atoms with Gasteiger partial charge in [-0.05, 0) is 6.42 Å². The first-order valence-electron chi connectivity index (χ1n) is 4.53. The standard InChI is InChI=1S/C8H17NO4/c1-2-4-6(11)8(13)7(12)5(3-10)9-4/h4-13H,2-3H2,1H3/t4?,5-,6+,7-,8-/m1/s1. The molecule has 0 radical (unpaired) electrons. The molecule has 0 aromatic rings. The van der Waals surface area contributed by atoms with Crippen LogP contribution in [0.3, 0.4) is 0 Å². The summed E-state index contributed by atoms with van der Waals surface area (Å²) in [7, 11) is 0. The summed E-state index contributed by atoms with van der Waals surface area (Å²) in [5, 5.41) is 40.0. The number of nitrogens with one attached hydrogen (secondary N) is 1. The summed E-state index contributed by atoms with van der Waals surface area (Å²) in [6, 6.07) is -0.820. The summed E-state index contributed by atoms with van der Waals surface area (Å²) in [4.78, 5) is 0. The minimum Gasteiger partial charge on any atom is -0.395 e. The first kappa shape index (κ1) is 10.9. The van der Waals surface area contributed by atoms with Crippen molar-refractivity contribution in [1.82, 2.24) is 5.32 Å². The molecule has 1 fully saturated rings. The third kappa shape index (κ3) is 2.00. The molecule has 0 amide bonds. The Morgan fingerprint density at radius 1 is 1.00 bits per heavy atom. The van der Waals surface area contributed by atoms with E-state index in [0.717, 1.165) is 0 Å². The maximum atomic E-state index is 9.47. The zero-order valence-corrected chi connectivity index (χ0v) is 7.59. The van der Waals surface area contributed by atoms with Gasteiger partial charge < -0.3 is 25.7 Å². The van der Waals surface area contributed by atoms with Crippen LogP contribution < -0.4 is 5.32 Å². The maximum Gasteiger partial charge on any atom is 0.109 e. The minimum absolute atomic E-state index is 0.249. The summed E-state index contributed by atoms with van der Waals surface area (Å²) in [5.74, 6) is 0. The van der Waals surface area contributed by atoms with E-state index < -0.39 is 24.4 Å². The van der Waals surface area contributed by atoms with Gasteiger partial charge in [0, 0.05) is 6.04 Å². The quantitative estimate of drug-likeness (QED) is 0.342. The van der Waals surface area contributed by atoms with Crippen molar-refractivity contribution in [2.24, 2.45) is 0 Å². The highest BCUT2D eigenvalue weighted by Gasteiger charge is 2.40. The number of hydrogen-bond donors (Lipinski definition) is 5. The first-order chi connectivity index (χ1) is 6.11. The molecular weight excluding hydrogens is 174 g/mol. The Hall–Kier alpha value is -0.200. The van der Waals surface area contributed by atoms with Crippen LogP contribution in [0.4, 0.5) is 0 Å². The smallest absolute Gasteiger partial charge is 0.109 e. The molecule has 0 aromatic heterocycles. The van der Waals surface area contributed by atoms with Gasteiger partial charge in [0.05, 0.1) is 24.9 Å². The molecule has 0 aromatic carbocycles. The molecule has 5 heteroatoms. The predicted molar refractivity (Wildman–Crippen MR) is 46.1 cm³/mol. The Kier molecular flexibility index (Phi) is 3.63. The van der Waals surface area contributed by atoms with Gasteiger partial charge in [-0.2, -0.15) is 0 Å². The van der Waals surface area contributed by atoms with Crippen LogP contribution in [0.15, 0.2) is 0 Å². The second-order valence-electron chi connectivity index (χ2n) is 3.44. The molecule has 0 aliphatic carbocycles. The van der Waals surface area contributed by atoms with E-state index in [1.807, 2.05) is 6.92 Å². The van der Waals surface area contributed by atoms with Gasteiger partial charge in [-0.3, -0.25) is 0 Å². The van der Waals surface area contributed by atoms with E-state index in [1.54, 1.807) is 0 Å². The van der Waals surface area contributed by atoms with Gasteiger partial charge in [0.1, 0.15) is 6.10 Å². The van der Waals surface area contributed by atoms with Crippen molar-refractivity contribution in [2.45, 2.75) is 43.7 Å². The molecule has 78 valence electrons. The highest BCUT2D eigenvalue weighted by atomic mass is 16.4. The summed E-state index contributed by atoms with van der Waals surface area (Å²) < 4.78 is 0. The van der Waals surface area contributed by atoms with Crippen molar-refractivity contribution < 1.29 is 20.4 Å². The van der Waals surface area contributed by atoms with Crippen LogP contribution in [0.2, 0.25) is 0 Å². The van der Waals surface area contributed by atoms with E-state index in [0.29, 0.717) is 6.42 Å². The predicted octanol–water partition coefficient (Wildman–Crippen LogP) is -2.19. The monoisotopic (exact) mass is 191 g/mol. The van der Waals surface area contributed by atoms with E-state index in [1.165, 1.54) is 0 Å². The van der Waals surface area contributed by atoms with Crippen molar-refractivity contribution in [1.29, 1.82) is 0 Å². The number of hydrogen-bond acceptors (Lipinski definition) is 5. The molecule has 1 saturated heterocycles. The summed E-state index contributed by atoms with van der Waals surface area (Å²) >= 11 is 0. The third-order valence-corrected chi connectivity index (χ3v) is 2.59. The van der Waals surface area contributed by atoms with E-state index >= 15 is 0 Å². The van der Waals surface area contributed by atoms with E-state index in [4.69, 9.17) is 5.11 Å². The Morgan fingerprint density at radius 3 is 2.00 bits per heavy atom. The Bertz CT molecular complexity index is 146. The van der Waals surface area contributed by atoms with Crippen LogP contribution in [-0.2, 0) is 0 Å². The van der Waals surface area contributed by atoms with Crippen molar-refractivity contribution >= 4 is 0 Å². The molecule has 1 unspecified atom stereocenters. The van der Waals surface area contributed by atoms with Crippen LogP contribution in [0, 0.1) is 0 Å². The van der Waals surface area contributed by atoms with Crippen molar-refractivity contribution in [3.63, 3.8) is 0 Å². The fraction of sp³-hybridized carbons (Fsp3) is 1.00. The van der Waals surface area contributed by atoms with Crippen molar-refractivity contribution in [3.8, 4) is 0 Å². The summed E-state index contributed by atoms with van der Waals surface area (Å²) in [5.41, 5.74) is 0. The first-order valence-corrected chi connectivity index (χ1v) is 4.53. The van der Waals surface area contributed by atoms with Gasteiger partial charge in [0.2, 0.25) is 0 Å². The molecule has 5 nitrogen and oxygen atoms in total. The topological polar surface area (TPSA) is 93.0 Å². The van der Waals surface area contributed by atoms with Gasteiger partial charge in [-0.15, -0.1) is 0 Å². The van der Waals surface area contributed by atoms with Crippen molar-refractivity contribution in [3.05, 3.63) is 0 Å². The fourth-order valence-corrected chi connectivity index (χ4v) is 1.67. The average Bonchev–Trinajstić information content (AvgIpc) is 2.15. The number of aliphatic hydroxyl groups is 4. The molecule has 5 N–H and O–H groups in total. The molecule has 13 heavy (non-hydrogen) atoms. The zero-order valence-electron chi connectivity index (χ0n) is 7.59. The lowest BCUT2D eigenvalue weighted by atomic mass is 9.89. The van der Waals surface area contributed by atoms with Gasteiger partial charge >= 0.3 is 0 Å². The Labute approximate surface area is 77.0 Å². The van der Waals surface area contributed by atoms with E-state index in [9.17, 15) is 15.3 Å². The summed E-state index contributed by atoms with van der Waals surface area (Å²) in [6.45, 7) is 1.61. The van der Waals surface area contributed by atoms with E-state index in [2.05, 4.69) is 5.32 Å². The summed E-state index contributed by atoms with van der Waals surface area (Å²) in [6.07, 6.45) is -2.62. The van der Waals surface area contributed by atoms with Crippen molar-refractivity contribution in [2.75, 3.05) is 6.61 Å². The zero-order chi connectivity index (χ0) is 10.0.